The summed E-state index contributed by atoms with van der Waals surface area (Å²) in [7, 11) is 0. The largest absolute Gasteiger partial charge is 0.335 e. The first kappa shape index (κ1) is 7.05. The second kappa shape index (κ2) is 1.97. The Morgan fingerprint density at radius 2 is 2.10 bits per heavy atom. The summed E-state index contributed by atoms with van der Waals surface area (Å²) in [6.45, 7) is 5.68. The normalized spacial score (nSPS) is 22.7. The first-order valence-corrected chi connectivity index (χ1v) is 3.15. The minimum Gasteiger partial charge on any atom is -0.326 e. The van der Waals surface area contributed by atoms with E-state index in [9.17, 15) is 4.79 Å². The average Bonchev–Trinajstić information content (AvgIpc) is 1.78. The molecule has 0 saturated carbocycles. The number of carbonyl (C=O) groups is 1. The van der Waals surface area contributed by atoms with Crippen molar-refractivity contribution in [3.63, 3.8) is 0 Å². The molecule has 4 heteroatoms. The van der Waals surface area contributed by atoms with Crippen molar-refractivity contribution in [3.05, 3.63) is 0 Å². The number of hydrogen-bond donors (Lipinski definition) is 2. The van der Waals surface area contributed by atoms with E-state index in [1.807, 2.05) is 20.8 Å². The molecule has 56 valence electrons. The van der Waals surface area contributed by atoms with Gasteiger partial charge in [0.05, 0.1) is 11.3 Å². The third-order valence-corrected chi connectivity index (χ3v) is 1.66. The smallest absolute Gasteiger partial charge is 0.326 e. The molecule has 1 heterocycles. The SMILES string of the molecule is CC1=NNC(=O)NC1(C)C. The summed E-state index contributed by atoms with van der Waals surface area (Å²) in [5.41, 5.74) is 2.90. The van der Waals surface area contributed by atoms with Gasteiger partial charge < -0.3 is 5.32 Å². The number of amides is 2. The van der Waals surface area contributed by atoms with Crippen molar-refractivity contribution in [2.75, 3.05) is 0 Å². The third-order valence-electron chi connectivity index (χ3n) is 1.66. The van der Waals surface area contributed by atoms with E-state index in [-0.39, 0.29) is 11.6 Å². The summed E-state index contributed by atoms with van der Waals surface area (Å²) in [4.78, 5) is 10.7. The van der Waals surface area contributed by atoms with Gasteiger partial charge in [0.1, 0.15) is 0 Å². The monoisotopic (exact) mass is 141 g/mol. The van der Waals surface area contributed by atoms with E-state index in [0.717, 1.165) is 5.71 Å². The fourth-order valence-corrected chi connectivity index (χ4v) is 0.677. The molecule has 0 spiro atoms. The second-order valence-corrected chi connectivity index (χ2v) is 2.89. The maximum absolute atomic E-state index is 10.7. The average molecular weight is 141 g/mol. The Bertz CT molecular complexity index is 195. The maximum Gasteiger partial charge on any atom is 0.335 e. The van der Waals surface area contributed by atoms with Crippen molar-refractivity contribution in [1.29, 1.82) is 0 Å². The van der Waals surface area contributed by atoms with E-state index in [0.29, 0.717) is 0 Å². The zero-order valence-electron chi connectivity index (χ0n) is 6.36. The predicted octanol–water partition coefficient (Wildman–Crippen LogP) is 0.454. The Hall–Kier alpha value is -1.06. The first-order chi connectivity index (χ1) is 4.52. The van der Waals surface area contributed by atoms with Crippen LogP contribution in [0.1, 0.15) is 20.8 Å². The van der Waals surface area contributed by atoms with Crippen LogP contribution in [0.25, 0.3) is 0 Å². The van der Waals surface area contributed by atoms with Gasteiger partial charge in [-0.05, 0) is 20.8 Å². The highest BCUT2D eigenvalue weighted by Gasteiger charge is 2.27. The summed E-state index contributed by atoms with van der Waals surface area (Å²) < 4.78 is 0. The molecule has 0 radical (unpaired) electrons. The standard InChI is InChI=1S/C6H11N3O/c1-4-6(2,3)7-5(10)9-8-4/h1-3H3,(H2,7,9,10). The molecule has 1 rings (SSSR count). The van der Waals surface area contributed by atoms with Crippen LogP contribution in [0.3, 0.4) is 0 Å². The highest BCUT2D eigenvalue weighted by Crippen LogP contribution is 2.07. The number of hydrogen-bond acceptors (Lipinski definition) is 2. The zero-order valence-corrected chi connectivity index (χ0v) is 6.36. The van der Waals surface area contributed by atoms with Gasteiger partial charge in [-0.15, -0.1) is 0 Å². The van der Waals surface area contributed by atoms with Crippen molar-refractivity contribution in [1.82, 2.24) is 10.7 Å². The number of rotatable bonds is 0. The molecular formula is C6H11N3O. The molecule has 0 fully saturated rings. The Kier molecular flexibility index (Phi) is 1.39. The maximum atomic E-state index is 10.7. The predicted molar refractivity (Wildman–Crippen MR) is 38.9 cm³/mol. The third kappa shape index (κ3) is 1.10. The molecule has 0 aromatic carbocycles. The minimum atomic E-state index is -0.303. The van der Waals surface area contributed by atoms with Crippen LogP contribution in [0.4, 0.5) is 4.79 Å². The number of urea groups is 1. The topological polar surface area (TPSA) is 53.5 Å². The van der Waals surface area contributed by atoms with Gasteiger partial charge >= 0.3 is 6.03 Å². The number of carbonyl (C=O) groups excluding carboxylic acids is 1. The molecule has 1 aliphatic rings. The first-order valence-electron chi connectivity index (χ1n) is 3.15. The summed E-state index contributed by atoms with van der Waals surface area (Å²) in [6.07, 6.45) is 0. The molecule has 0 aliphatic carbocycles. The summed E-state index contributed by atoms with van der Waals surface area (Å²) >= 11 is 0. The minimum absolute atomic E-state index is 0.240. The molecule has 0 bridgehead atoms. The molecule has 10 heavy (non-hydrogen) atoms. The molecule has 0 saturated heterocycles. The quantitative estimate of drug-likeness (QED) is 0.505. The van der Waals surface area contributed by atoms with Gasteiger partial charge in [0, 0.05) is 0 Å². The van der Waals surface area contributed by atoms with E-state index in [2.05, 4.69) is 15.8 Å². The Morgan fingerprint density at radius 3 is 2.50 bits per heavy atom. The van der Waals surface area contributed by atoms with Crippen LogP contribution in [-0.2, 0) is 0 Å². The van der Waals surface area contributed by atoms with Crippen molar-refractivity contribution in [2.45, 2.75) is 26.3 Å². The van der Waals surface area contributed by atoms with Crippen molar-refractivity contribution in [2.24, 2.45) is 5.10 Å². The molecule has 0 aromatic rings. The molecule has 1 aliphatic heterocycles. The Balaban J connectivity index is 2.86. The summed E-state index contributed by atoms with van der Waals surface area (Å²) in [5, 5.41) is 6.54. The van der Waals surface area contributed by atoms with E-state index in [1.54, 1.807) is 0 Å². The van der Waals surface area contributed by atoms with Crippen LogP contribution in [0.15, 0.2) is 5.10 Å². The molecule has 0 unspecified atom stereocenters. The van der Waals surface area contributed by atoms with Crippen LogP contribution >= 0.6 is 0 Å². The van der Waals surface area contributed by atoms with Gasteiger partial charge in [-0.25, -0.2) is 10.2 Å². The fraction of sp³-hybridized carbons (Fsp3) is 0.667. The van der Waals surface area contributed by atoms with Crippen LogP contribution in [0.2, 0.25) is 0 Å². The highest BCUT2D eigenvalue weighted by atomic mass is 16.2. The van der Waals surface area contributed by atoms with Crippen molar-refractivity contribution in [3.8, 4) is 0 Å². The van der Waals surface area contributed by atoms with Crippen LogP contribution < -0.4 is 10.7 Å². The van der Waals surface area contributed by atoms with E-state index < -0.39 is 0 Å². The van der Waals surface area contributed by atoms with Crippen molar-refractivity contribution < 1.29 is 4.79 Å². The van der Waals surface area contributed by atoms with Gasteiger partial charge in [-0.1, -0.05) is 0 Å². The number of nitrogens with one attached hydrogen (secondary N) is 2. The Morgan fingerprint density at radius 1 is 1.50 bits per heavy atom. The van der Waals surface area contributed by atoms with Gasteiger partial charge in [-0.2, -0.15) is 5.10 Å². The summed E-state index contributed by atoms with van der Waals surface area (Å²) in [5.74, 6) is 0. The summed E-state index contributed by atoms with van der Waals surface area (Å²) in [6, 6.07) is -0.240. The molecule has 0 atom stereocenters. The van der Waals surface area contributed by atoms with Crippen LogP contribution in [0.5, 0.6) is 0 Å². The lowest BCUT2D eigenvalue weighted by Gasteiger charge is -2.29. The molecule has 4 nitrogen and oxygen atoms in total. The van der Waals surface area contributed by atoms with Crippen LogP contribution in [0, 0.1) is 0 Å². The lowest BCUT2D eigenvalue weighted by atomic mass is 10.00. The molecule has 2 N–H and O–H groups in total. The fourth-order valence-electron chi connectivity index (χ4n) is 0.677. The lowest BCUT2D eigenvalue weighted by molar-refractivity contribution is 0.233. The molecule has 0 aromatic heterocycles. The van der Waals surface area contributed by atoms with E-state index in [4.69, 9.17) is 0 Å². The van der Waals surface area contributed by atoms with Gasteiger partial charge in [0.2, 0.25) is 0 Å². The van der Waals surface area contributed by atoms with E-state index in [1.165, 1.54) is 0 Å². The van der Waals surface area contributed by atoms with Gasteiger partial charge in [0.15, 0.2) is 0 Å². The highest BCUT2D eigenvalue weighted by molar-refractivity contribution is 5.97. The van der Waals surface area contributed by atoms with Crippen LogP contribution in [-0.4, -0.2) is 17.3 Å². The Labute approximate surface area is 59.7 Å². The zero-order chi connectivity index (χ0) is 7.78. The van der Waals surface area contributed by atoms with Crippen molar-refractivity contribution >= 4 is 11.7 Å². The van der Waals surface area contributed by atoms with Gasteiger partial charge in [0.25, 0.3) is 0 Å². The second-order valence-electron chi connectivity index (χ2n) is 2.89. The number of hydrazone groups is 1. The molecule has 2 amide bonds. The molecular weight excluding hydrogens is 130 g/mol. The number of nitrogens with zero attached hydrogens (tertiary/aromatic N) is 1. The van der Waals surface area contributed by atoms with E-state index >= 15 is 0 Å². The van der Waals surface area contributed by atoms with Gasteiger partial charge in [-0.3, -0.25) is 0 Å². The lowest BCUT2D eigenvalue weighted by Crippen LogP contribution is -2.55.